The number of carbonyl (C=O) groups excluding carboxylic acids is 2. The quantitative estimate of drug-likeness (QED) is 0.295. The first kappa shape index (κ1) is 32.9. The highest BCUT2D eigenvalue weighted by molar-refractivity contribution is 5.70. The molecular formula is C34H46N8O4. The molecule has 3 aromatic rings. The smallest absolute Gasteiger partial charge is 0.410 e. The van der Waals surface area contributed by atoms with Crippen molar-refractivity contribution in [3.8, 4) is 22.3 Å². The van der Waals surface area contributed by atoms with Crippen LogP contribution in [0.5, 0.6) is 0 Å². The third kappa shape index (κ3) is 8.82. The Hall–Kier alpha value is -4.48. The number of hydrogen-bond donors (Lipinski definition) is 2. The van der Waals surface area contributed by atoms with E-state index in [1.165, 1.54) is 0 Å². The van der Waals surface area contributed by atoms with Gasteiger partial charge in [-0.3, -0.25) is 0 Å². The third-order valence-electron chi connectivity index (χ3n) is 7.86. The Labute approximate surface area is 271 Å². The van der Waals surface area contributed by atoms with E-state index < -0.39 is 11.2 Å². The Balaban J connectivity index is 1.11. The summed E-state index contributed by atoms with van der Waals surface area (Å²) in [6.07, 6.45) is 10.4. The molecule has 12 nitrogen and oxygen atoms in total. The Bertz CT molecular complexity index is 1350. The Morgan fingerprint density at radius 2 is 1.00 bits per heavy atom. The number of nitrogens with zero attached hydrogens (tertiary/aromatic N) is 6. The molecule has 4 heterocycles. The van der Waals surface area contributed by atoms with Crippen LogP contribution in [0.1, 0.15) is 67.2 Å². The lowest BCUT2D eigenvalue weighted by Crippen LogP contribution is -2.42. The zero-order chi connectivity index (χ0) is 32.9. The molecule has 2 fully saturated rings. The molecule has 1 aromatic carbocycles. The van der Waals surface area contributed by atoms with Crippen molar-refractivity contribution in [2.75, 3.05) is 36.8 Å². The molecule has 46 heavy (non-hydrogen) atoms. The van der Waals surface area contributed by atoms with Crippen LogP contribution < -0.4 is 10.6 Å². The van der Waals surface area contributed by atoms with Crippen molar-refractivity contribution in [3.63, 3.8) is 0 Å². The van der Waals surface area contributed by atoms with Gasteiger partial charge < -0.3 is 29.9 Å². The molecule has 0 aliphatic carbocycles. The van der Waals surface area contributed by atoms with Gasteiger partial charge in [0, 0.05) is 62.1 Å². The zero-order valence-corrected chi connectivity index (χ0v) is 27.7. The topological polar surface area (TPSA) is 135 Å². The first-order chi connectivity index (χ1) is 21.8. The van der Waals surface area contributed by atoms with Gasteiger partial charge in [-0.05, 0) is 78.4 Å². The molecule has 0 unspecified atom stereocenters. The van der Waals surface area contributed by atoms with E-state index in [-0.39, 0.29) is 24.3 Å². The molecule has 2 aromatic heterocycles. The SMILES string of the molecule is CC(C)(C)OC(=O)N1CCC[C@H]1CNc1ncc(-c2ccc(-c3cnc(NC[C@@H]4CCCN4C(=O)OC(C)(C)C)nc3)cc2)cn1. The van der Waals surface area contributed by atoms with E-state index in [0.29, 0.717) is 38.1 Å². The predicted octanol–water partition coefficient (Wildman–Crippen LogP) is 6.22. The minimum absolute atomic E-state index is 0.0429. The van der Waals surface area contributed by atoms with Crippen molar-refractivity contribution in [3.05, 3.63) is 49.1 Å². The summed E-state index contributed by atoms with van der Waals surface area (Å²) in [6.45, 7) is 13.8. The minimum atomic E-state index is -0.519. The molecule has 2 saturated heterocycles. The fraction of sp³-hybridized carbons (Fsp3) is 0.529. The summed E-state index contributed by atoms with van der Waals surface area (Å²) in [4.78, 5) is 46.7. The van der Waals surface area contributed by atoms with Crippen LogP contribution in [0.25, 0.3) is 22.3 Å². The summed E-state index contributed by atoms with van der Waals surface area (Å²) in [5.41, 5.74) is 2.75. The Morgan fingerprint density at radius 3 is 1.33 bits per heavy atom. The molecule has 0 bridgehead atoms. The number of carbonyl (C=O) groups is 2. The number of ether oxygens (including phenoxy) is 2. The van der Waals surface area contributed by atoms with E-state index >= 15 is 0 Å². The highest BCUT2D eigenvalue weighted by Crippen LogP contribution is 2.26. The van der Waals surface area contributed by atoms with Crippen LogP contribution >= 0.6 is 0 Å². The standard InChI is InChI=1S/C34H46N8O4/c1-33(2,3)45-31(43)41-15-7-9-27(41)21-39-29-35-17-25(18-36-29)23-11-13-24(14-12-23)26-19-37-30(38-20-26)40-22-28-10-8-16-42(28)32(44)46-34(4,5)6/h11-14,17-20,27-28H,7-10,15-16,21-22H2,1-6H3,(H,35,36,39)(H,37,38,40)/t27-,28-/m0/s1. The average Bonchev–Trinajstić information content (AvgIpc) is 3.68. The second-order valence-corrected chi connectivity index (χ2v) is 13.9. The van der Waals surface area contributed by atoms with E-state index in [0.717, 1.165) is 47.9 Å². The van der Waals surface area contributed by atoms with Crippen LogP contribution in [0, 0.1) is 0 Å². The summed E-state index contributed by atoms with van der Waals surface area (Å²) < 4.78 is 11.1. The number of rotatable bonds is 8. The van der Waals surface area contributed by atoms with E-state index in [2.05, 4.69) is 30.6 Å². The van der Waals surface area contributed by atoms with Crippen LogP contribution in [-0.4, -0.2) is 91.4 Å². The first-order valence-electron chi connectivity index (χ1n) is 16.1. The maximum Gasteiger partial charge on any atom is 0.410 e. The van der Waals surface area contributed by atoms with Gasteiger partial charge in [0.05, 0.1) is 12.1 Å². The van der Waals surface area contributed by atoms with Gasteiger partial charge in [0.15, 0.2) is 0 Å². The zero-order valence-electron chi connectivity index (χ0n) is 27.7. The summed E-state index contributed by atoms with van der Waals surface area (Å²) in [5, 5.41) is 6.55. The van der Waals surface area contributed by atoms with Gasteiger partial charge in [0.25, 0.3) is 0 Å². The fourth-order valence-electron chi connectivity index (χ4n) is 5.63. The van der Waals surface area contributed by atoms with E-state index in [9.17, 15) is 9.59 Å². The van der Waals surface area contributed by atoms with Crippen molar-refractivity contribution in [1.82, 2.24) is 29.7 Å². The largest absolute Gasteiger partial charge is 0.444 e. The molecule has 0 spiro atoms. The lowest BCUT2D eigenvalue weighted by molar-refractivity contribution is 0.0224. The van der Waals surface area contributed by atoms with Crippen LogP contribution in [-0.2, 0) is 9.47 Å². The van der Waals surface area contributed by atoms with Crippen LogP contribution in [0.4, 0.5) is 21.5 Å². The molecule has 2 amide bonds. The molecule has 5 rings (SSSR count). The van der Waals surface area contributed by atoms with Gasteiger partial charge >= 0.3 is 12.2 Å². The van der Waals surface area contributed by atoms with Gasteiger partial charge in [-0.1, -0.05) is 24.3 Å². The van der Waals surface area contributed by atoms with Crippen LogP contribution in [0.3, 0.4) is 0 Å². The highest BCUT2D eigenvalue weighted by Gasteiger charge is 2.33. The number of aromatic nitrogens is 4. The molecular weight excluding hydrogens is 584 g/mol. The van der Waals surface area contributed by atoms with E-state index in [1.54, 1.807) is 34.6 Å². The van der Waals surface area contributed by atoms with Crippen molar-refractivity contribution in [2.45, 2.75) is 90.5 Å². The monoisotopic (exact) mass is 630 g/mol. The second kappa shape index (κ2) is 13.9. The molecule has 2 aliphatic rings. The Kier molecular flexibility index (Phi) is 9.93. The molecule has 0 saturated carbocycles. The summed E-state index contributed by atoms with van der Waals surface area (Å²) >= 11 is 0. The molecule has 246 valence electrons. The second-order valence-electron chi connectivity index (χ2n) is 13.9. The Morgan fingerprint density at radius 1 is 0.652 bits per heavy atom. The number of hydrogen-bond acceptors (Lipinski definition) is 10. The van der Waals surface area contributed by atoms with Gasteiger partial charge in [-0.25, -0.2) is 29.5 Å². The number of nitrogens with one attached hydrogen (secondary N) is 2. The number of amides is 2. The maximum atomic E-state index is 12.6. The van der Waals surface area contributed by atoms with Gasteiger partial charge in [0.2, 0.25) is 11.9 Å². The molecule has 12 heteroatoms. The van der Waals surface area contributed by atoms with Gasteiger partial charge in [0.1, 0.15) is 11.2 Å². The number of benzene rings is 1. The minimum Gasteiger partial charge on any atom is -0.444 e. The molecule has 2 aliphatic heterocycles. The summed E-state index contributed by atoms with van der Waals surface area (Å²) in [7, 11) is 0. The predicted molar refractivity (Wildman–Crippen MR) is 177 cm³/mol. The van der Waals surface area contributed by atoms with Crippen molar-refractivity contribution in [2.24, 2.45) is 0 Å². The van der Waals surface area contributed by atoms with Crippen molar-refractivity contribution < 1.29 is 19.1 Å². The molecule has 2 atom stereocenters. The van der Waals surface area contributed by atoms with Gasteiger partial charge in [-0.2, -0.15) is 0 Å². The van der Waals surface area contributed by atoms with Crippen LogP contribution in [0.2, 0.25) is 0 Å². The average molecular weight is 631 g/mol. The number of likely N-dealkylation sites (tertiary alicyclic amines) is 2. The lowest BCUT2D eigenvalue weighted by atomic mass is 10.0. The molecule has 2 N–H and O–H groups in total. The number of anilines is 2. The summed E-state index contributed by atoms with van der Waals surface area (Å²) in [5.74, 6) is 1.04. The van der Waals surface area contributed by atoms with Crippen LogP contribution in [0.15, 0.2) is 49.1 Å². The fourth-order valence-corrected chi connectivity index (χ4v) is 5.63. The highest BCUT2D eigenvalue weighted by atomic mass is 16.6. The maximum absolute atomic E-state index is 12.6. The van der Waals surface area contributed by atoms with Crippen molar-refractivity contribution >= 4 is 24.1 Å². The normalized spacial score (nSPS) is 18.4. The lowest BCUT2D eigenvalue weighted by Gasteiger charge is -2.28. The summed E-state index contributed by atoms with van der Waals surface area (Å²) in [6, 6.07) is 8.18. The van der Waals surface area contributed by atoms with Gasteiger partial charge in [-0.15, -0.1) is 0 Å². The third-order valence-corrected chi connectivity index (χ3v) is 7.86. The molecule has 0 radical (unpaired) electrons. The van der Waals surface area contributed by atoms with E-state index in [4.69, 9.17) is 9.47 Å². The van der Waals surface area contributed by atoms with E-state index in [1.807, 2.05) is 65.8 Å². The first-order valence-corrected chi connectivity index (χ1v) is 16.1. The van der Waals surface area contributed by atoms with Crippen molar-refractivity contribution in [1.29, 1.82) is 0 Å².